The van der Waals surface area contributed by atoms with Gasteiger partial charge in [0.05, 0.1) is 12.6 Å². The van der Waals surface area contributed by atoms with Crippen molar-refractivity contribution in [2.24, 2.45) is 0 Å². The summed E-state index contributed by atoms with van der Waals surface area (Å²) in [6.45, 7) is 15.7. The zero-order valence-electron chi connectivity index (χ0n) is 20.7. The molecule has 2 aromatic rings. The first-order valence-corrected chi connectivity index (χ1v) is 12.3. The van der Waals surface area contributed by atoms with Crippen molar-refractivity contribution in [2.45, 2.75) is 41.2 Å². The summed E-state index contributed by atoms with van der Waals surface area (Å²) >= 11 is 0. The molecule has 4 rings (SSSR count). The van der Waals surface area contributed by atoms with Gasteiger partial charge in [0.15, 0.2) is 0 Å². The molecule has 0 radical (unpaired) electrons. The predicted octanol–water partition coefficient (Wildman–Crippen LogP) is 4.91. The maximum atomic E-state index is 6.59. The molecule has 172 valence electrons. The van der Waals surface area contributed by atoms with Gasteiger partial charge in [-0.3, -0.25) is 0 Å². The molecule has 1 aliphatic heterocycles. The van der Waals surface area contributed by atoms with Crippen LogP contribution in [0.1, 0.15) is 38.8 Å². The van der Waals surface area contributed by atoms with Gasteiger partial charge in [0, 0.05) is 53.0 Å². The molecule has 0 bridgehead atoms. The molecular formula is C29H37N3O+2. The Morgan fingerprint density at radius 1 is 0.848 bits per heavy atom. The maximum Gasteiger partial charge on any atom is 0.203 e. The lowest BCUT2D eigenvalue weighted by molar-refractivity contribution is -0.386. The summed E-state index contributed by atoms with van der Waals surface area (Å²) in [6.07, 6.45) is 0. The monoisotopic (exact) mass is 443 g/mol. The number of hydrogen-bond acceptors (Lipinski definition) is 2. The highest BCUT2D eigenvalue weighted by Crippen LogP contribution is 2.42. The quantitative estimate of drug-likeness (QED) is 0.326. The minimum absolute atomic E-state index is 0.799. The third-order valence-electron chi connectivity index (χ3n) is 6.79. The van der Waals surface area contributed by atoms with Gasteiger partial charge in [0.25, 0.3) is 0 Å². The topological polar surface area (TPSA) is 47.0 Å². The number of benzene rings is 3. The zero-order chi connectivity index (χ0) is 23.5. The molecule has 4 heteroatoms. The number of anilines is 1. The first-order chi connectivity index (χ1) is 16.0. The summed E-state index contributed by atoms with van der Waals surface area (Å²) in [6, 6.07) is 20.0. The number of fused-ring (bicyclic) bond motifs is 2. The molecular weight excluding hydrogens is 406 g/mol. The summed E-state index contributed by atoms with van der Waals surface area (Å²) in [5.74, 6) is 0.930. The van der Waals surface area contributed by atoms with Crippen molar-refractivity contribution >= 4 is 16.7 Å². The second-order valence-corrected chi connectivity index (χ2v) is 8.58. The van der Waals surface area contributed by atoms with E-state index in [0.29, 0.717) is 0 Å². The molecule has 1 aliphatic carbocycles. The lowest BCUT2D eigenvalue weighted by Gasteiger charge is -2.22. The Bertz CT molecular complexity index is 1310. The lowest BCUT2D eigenvalue weighted by atomic mass is 9.90. The van der Waals surface area contributed by atoms with Crippen LogP contribution in [-0.2, 0) is 6.54 Å². The van der Waals surface area contributed by atoms with E-state index in [1.807, 2.05) is 0 Å². The Hall–Kier alpha value is -3.11. The van der Waals surface area contributed by atoms with Crippen LogP contribution in [0.15, 0.2) is 59.0 Å². The maximum absolute atomic E-state index is 6.59. The van der Waals surface area contributed by atoms with E-state index in [2.05, 4.69) is 104 Å². The van der Waals surface area contributed by atoms with E-state index in [1.54, 1.807) is 0 Å². The Morgan fingerprint density at radius 3 is 2.21 bits per heavy atom. The average molecular weight is 444 g/mol. The summed E-state index contributed by atoms with van der Waals surface area (Å²) in [5.41, 5.74) is 12.4. The molecule has 33 heavy (non-hydrogen) atoms. The Kier molecular flexibility index (Phi) is 6.85. The summed E-state index contributed by atoms with van der Waals surface area (Å²) in [5, 5.41) is 2.35. The molecule has 1 heterocycles. The Morgan fingerprint density at radius 2 is 1.58 bits per heavy atom. The highest BCUT2D eigenvalue weighted by Gasteiger charge is 2.20. The van der Waals surface area contributed by atoms with E-state index in [9.17, 15) is 0 Å². The highest BCUT2D eigenvalue weighted by molar-refractivity contribution is 6.03. The minimum atomic E-state index is 0.799. The van der Waals surface area contributed by atoms with Crippen molar-refractivity contribution in [3.05, 3.63) is 71.1 Å². The minimum Gasteiger partial charge on any atom is -0.456 e. The molecule has 0 fully saturated rings. The van der Waals surface area contributed by atoms with Crippen molar-refractivity contribution < 1.29 is 10.2 Å². The normalized spacial score (nSPS) is 11.3. The largest absolute Gasteiger partial charge is 0.456 e. The van der Waals surface area contributed by atoms with Crippen LogP contribution >= 0.6 is 0 Å². The third kappa shape index (κ3) is 4.28. The van der Waals surface area contributed by atoms with Gasteiger partial charge in [0.2, 0.25) is 5.36 Å². The van der Waals surface area contributed by atoms with Crippen LogP contribution < -0.4 is 20.6 Å². The second kappa shape index (κ2) is 9.80. The van der Waals surface area contributed by atoms with Gasteiger partial charge in [-0.2, -0.15) is 0 Å². The zero-order valence-corrected chi connectivity index (χ0v) is 20.7. The number of nitrogens with zero attached hydrogens (tertiary/aromatic N) is 2. The smallest absolute Gasteiger partial charge is 0.203 e. The lowest BCUT2D eigenvalue weighted by Crippen LogP contribution is -2.47. The molecule has 3 N–H and O–H groups in total. The fourth-order valence-corrected chi connectivity index (χ4v) is 4.89. The molecule has 2 aromatic carbocycles. The number of quaternary nitrogens is 1. The molecule has 0 amide bonds. The third-order valence-corrected chi connectivity index (χ3v) is 6.79. The fourth-order valence-electron chi connectivity index (χ4n) is 4.89. The Balaban J connectivity index is 2.09. The van der Waals surface area contributed by atoms with Crippen molar-refractivity contribution in [3.8, 4) is 22.5 Å². The van der Waals surface area contributed by atoms with Crippen LogP contribution in [0.2, 0.25) is 0 Å². The van der Waals surface area contributed by atoms with E-state index in [-0.39, 0.29) is 0 Å². The van der Waals surface area contributed by atoms with E-state index >= 15 is 0 Å². The van der Waals surface area contributed by atoms with Gasteiger partial charge < -0.3 is 15.1 Å². The van der Waals surface area contributed by atoms with Crippen LogP contribution in [0.3, 0.4) is 0 Å². The van der Waals surface area contributed by atoms with Crippen LogP contribution in [0.25, 0.3) is 33.4 Å². The summed E-state index contributed by atoms with van der Waals surface area (Å²) in [4.78, 5) is 2.36. The van der Waals surface area contributed by atoms with Gasteiger partial charge in [-0.15, -0.1) is 0 Å². The van der Waals surface area contributed by atoms with Crippen LogP contribution in [-0.4, -0.2) is 26.2 Å². The second-order valence-electron chi connectivity index (χ2n) is 8.58. The van der Waals surface area contributed by atoms with E-state index in [1.165, 1.54) is 33.3 Å². The van der Waals surface area contributed by atoms with E-state index in [0.717, 1.165) is 55.0 Å². The first-order valence-electron chi connectivity index (χ1n) is 12.3. The molecule has 0 unspecified atom stereocenters. The van der Waals surface area contributed by atoms with Crippen molar-refractivity contribution in [1.29, 1.82) is 0 Å². The standard InChI is InChI=1S/C29H36N3O/c1-6-31(7-2)22-11-14-25-27(17-22)33-28-18-23(32(8-3)9-4)12-15-26(28)29(25)24-13-10-21(19-30)16-20(24)5/h10-18H,6-9,19,30H2,1-5H3/q+1/p+1. The average Bonchev–Trinajstić information content (AvgIpc) is 2.84. The van der Waals surface area contributed by atoms with Gasteiger partial charge in [-0.1, -0.05) is 12.1 Å². The van der Waals surface area contributed by atoms with Gasteiger partial charge in [-0.05, 0) is 70.0 Å². The van der Waals surface area contributed by atoms with Crippen molar-refractivity contribution in [2.75, 3.05) is 31.1 Å². The van der Waals surface area contributed by atoms with Crippen molar-refractivity contribution in [3.63, 3.8) is 0 Å². The number of hydrogen-bond donors (Lipinski definition) is 1. The number of aryl methyl sites for hydroxylation is 1. The van der Waals surface area contributed by atoms with Crippen molar-refractivity contribution in [1.82, 2.24) is 4.58 Å². The summed E-state index contributed by atoms with van der Waals surface area (Å²) in [7, 11) is 0. The van der Waals surface area contributed by atoms with E-state index < -0.39 is 0 Å². The van der Waals surface area contributed by atoms with Crippen LogP contribution in [0.4, 0.5) is 5.69 Å². The SMILES string of the molecule is CCN(CC)c1ccc2c(-c3ccc(C[NH3+])cc3C)c3ccc(=[N+](CC)CC)cc-3oc2c1. The summed E-state index contributed by atoms with van der Waals surface area (Å²) < 4.78 is 8.95. The van der Waals surface area contributed by atoms with E-state index in [4.69, 9.17) is 4.42 Å². The van der Waals surface area contributed by atoms with Gasteiger partial charge in [-0.25, -0.2) is 4.58 Å². The highest BCUT2D eigenvalue weighted by atomic mass is 16.3. The molecule has 0 aromatic heterocycles. The fraction of sp³-hybridized carbons (Fsp3) is 0.345. The molecule has 4 nitrogen and oxygen atoms in total. The van der Waals surface area contributed by atoms with Crippen LogP contribution in [0, 0.1) is 6.92 Å². The molecule has 0 spiro atoms. The predicted molar refractivity (Wildman–Crippen MR) is 140 cm³/mol. The van der Waals surface area contributed by atoms with Gasteiger partial charge >= 0.3 is 0 Å². The molecule has 0 atom stereocenters. The molecule has 0 saturated heterocycles. The number of rotatable bonds is 7. The molecule has 0 saturated carbocycles. The van der Waals surface area contributed by atoms with Crippen LogP contribution in [0.5, 0.6) is 0 Å². The first kappa shape index (κ1) is 23.1. The molecule has 2 aliphatic rings. The van der Waals surface area contributed by atoms with Gasteiger partial charge in [0.1, 0.15) is 24.4 Å². The Labute approximate surface area is 197 Å².